The number of aromatic nitrogens is 3. The fraction of sp³-hybridized carbons (Fsp3) is 0.381. The molecule has 1 N–H and O–H groups in total. The third-order valence-electron chi connectivity index (χ3n) is 5.87. The van der Waals surface area contributed by atoms with Gasteiger partial charge in [-0.15, -0.1) is 0 Å². The summed E-state index contributed by atoms with van der Waals surface area (Å²) in [5.41, 5.74) is 4.45. The van der Waals surface area contributed by atoms with E-state index < -0.39 is 0 Å². The summed E-state index contributed by atoms with van der Waals surface area (Å²) in [4.78, 5) is 23.9. The smallest absolute Gasteiger partial charge is 0.255 e. The van der Waals surface area contributed by atoms with Gasteiger partial charge in [-0.3, -0.25) is 4.79 Å². The molecule has 0 spiro atoms. The summed E-state index contributed by atoms with van der Waals surface area (Å²) in [6.07, 6.45) is 9.18. The Bertz CT molecular complexity index is 1020. The molecule has 6 nitrogen and oxygen atoms in total. The van der Waals surface area contributed by atoms with E-state index >= 15 is 0 Å². The second-order valence-electron chi connectivity index (χ2n) is 7.59. The Kier molecular flexibility index (Phi) is 3.85. The number of hydrogen-bond acceptors (Lipinski definition) is 4. The molecular weight excluding hydrogens is 340 g/mol. The summed E-state index contributed by atoms with van der Waals surface area (Å²) < 4.78 is 2.17. The highest BCUT2D eigenvalue weighted by atomic mass is 16.3. The number of phenols is 1. The van der Waals surface area contributed by atoms with Gasteiger partial charge in [0.05, 0.1) is 11.9 Å². The molecule has 1 aliphatic carbocycles. The number of benzene rings is 1. The van der Waals surface area contributed by atoms with Crippen molar-refractivity contribution >= 4 is 17.1 Å². The molecule has 0 atom stereocenters. The summed E-state index contributed by atoms with van der Waals surface area (Å²) >= 11 is 0. The number of pyridine rings is 1. The minimum absolute atomic E-state index is 0.0152. The van der Waals surface area contributed by atoms with Crippen molar-refractivity contribution < 1.29 is 9.90 Å². The molecule has 1 aromatic carbocycles. The Hall–Kier alpha value is -2.89. The third-order valence-corrected chi connectivity index (χ3v) is 5.87. The van der Waals surface area contributed by atoms with Gasteiger partial charge in [0.1, 0.15) is 11.3 Å². The van der Waals surface area contributed by atoms with E-state index in [-0.39, 0.29) is 11.7 Å². The SMILES string of the molecule is O=C(c1cnc2c(c1)ncn2C1CCCC1)N1CCc2cc(O)ccc2C1. The van der Waals surface area contributed by atoms with Crippen LogP contribution in [-0.4, -0.2) is 37.0 Å². The van der Waals surface area contributed by atoms with Crippen molar-refractivity contribution in [1.29, 1.82) is 0 Å². The van der Waals surface area contributed by atoms with Crippen molar-refractivity contribution in [2.24, 2.45) is 0 Å². The van der Waals surface area contributed by atoms with Crippen LogP contribution < -0.4 is 0 Å². The van der Waals surface area contributed by atoms with E-state index in [1.165, 1.54) is 25.7 Å². The topological polar surface area (TPSA) is 71.2 Å². The number of hydrogen-bond donors (Lipinski definition) is 1. The highest BCUT2D eigenvalue weighted by Crippen LogP contribution is 2.31. The predicted molar refractivity (Wildman–Crippen MR) is 102 cm³/mol. The summed E-state index contributed by atoms with van der Waals surface area (Å²) in [6, 6.07) is 7.72. The van der Waals surface area contributed by atoms with Gasteiger partial charge in [-0.25, -0.2) is 9.97 Å². The highest BCUT2D eigenvalue weighted by Gasteiger charge is 2.24. The number of phenolic OH excluding ortho intramolecular Hbond substituents is 1. The number of fused-ring (bicyclic) bond motifs is 2. The van der Waals surface area contributed by atoms with Gasteiger partial charge in [-0.2, -0.15) is 0 Å². The average Bonchev–Trinajstić information content (AvgIpc) is 3.35. The molecule has 1 aliphatic heterocycles. The van der Waals surface area contributed by atoms with Crippen molar-refractivity contribution in [3.63, 3.8) is 0 Å². The summed E-state index contributed by atoms with van der Waals surface area (Å²) in [5, 5.41) is 9.62. The van der Waals surface area contributed by atoms with Gasteiger partial charge in [0.15, 0.2) is 5.65 Å². The number of rotatable bonds is 2. The maximum Gasteiger partial charge on any atom is 0.255 e. The molecule has 3 heterocycles. The summed E-state index contributed by atoms with van der Waals surface area (Å²) in [5.74, 6) is 0.263. The van der Waals surface area contributed by atoms with E-state index in [4.69, 9.17) is 0 Å². The quantitative estimate of drug-likeness (QED) is 0.758. The van der Waals surface area contributed by atoms with Crippen LogP contribution in [0.1, 0.15) is 53.2 Å². The van der Waals surface area contributed by atoms with Crippen molar-refractivity contribution in [3.05, 3.63) is 53.5 Å². The number of aromatic hydroxyl groups is 1. The monoisotopic (exact) mass is 362 g/mol. The molecular formula is C21H22N4O2. The van der Waals surface area contributed by atoms with Gasteiger partial charge in [0.2, 0.25) is 0 Å². The number of amides is 1. The normalized spacial score (nSPS) is 17.4. The Morgan fingerprint density at radius 1 is 1.11 bits per heavy atom. The first-order valence-electron chi connectivity index (χ1n) is 9.62. The molecule has 5 rings (SSSR count). The lowest BCUT2D eigenvalue weighted by Gasteiger charge is -2.29. The zero-order chi connectivity index (χ0) is 18.4. The Morgan fingerprint density at radius 2 is 1.96 bits per heavy atom. The standard InChI is InChI=1S/C21H22N4O2/c26-18-6-5-15-12-24(8-7-14(15)9-18)21(27)16-10-19-20(22-11-16)25(13-23-19)17-3-1-2-4-17/h5-6,9-11,13,17,26H,1-4,7-8,12H2. The molecule has 6 heteroatoms. The average molecular weight is 362 g/mol. The van der Waals surface area contributed by atoms with Crippen LogP contribution in [-0.2, 0) is 13.0 Å². The molecule has 1 saturated carbocycles. The molecule has 1 amide bonds. The van der Waals surface area contributed by atoms with E-state index in [1.807, 2.05) is 23.4 Å². The zero-order valence-electron chi connectivity index (χ0n) is 15.1. The number of carbonyl (C=O) groups is 1. The molecule has 0 saturated heterocycles. The van der Waals surface area contributed by atoms with Crippen LogP contribution in [0, 0.1) is 0 Å². The molecule has 3 aromatic rings. The van der Waals surface area contributed by atoms with E-state index in [1.54, 1.807) is 18.3 Å². The predicted octanol–water partition coefficient (Wildman–Crippen LogP) is 3.45. The van der Waals surface area contributed by atoms with Crippen molar-refractivity contribution in [2.45, 2.75) is 44.7 Å². The Morgan fingerprint density at radius 3 is 2.81 bits per heavy atom. The van der Waals surface area contributed by atoms with E-state index in [0.717, 1.165) is 28.7 Å². The van der Waals surface area contributed by atoms with Crippen molar-refractivity contribution in [1.82, 2.24) is 19.4 Å². The Labute approximate surface area is 157 Å². The maximum atomic E-state index is 13.0. The summed E-state index contributed by atoms with van der Waals surface area (Å²) in [6.45, 7) is 1.20. The fourth-order valence-electron chi connectivity index (χ4n) is 4.38. The second-order valence-corrected chi connectivity index (χ2v) is 7.59. The molecule has 1 fully saturated rings. The number of imidazole rings is 1. The highest BCUT2D eigenvalue weighted by molar-refractivity contribution is 5.96. The lowest BCUT2D eigenvalue weighted by atomic mass is 9.99. The first-order chi connectivity index (χ1) is 13.2. The number of nitrogens with zero attached hydrogens (tertiary/aromatic N) is 4. The van der Waals surface area contributed by atoms with Crippen LogP contribution in [0.5, 0.6) is 5.75 Å². The maximum absolute atomic E-state index is 13.0. The first-order valence-corrected chi connectivity index (χ1v) is 9.62. The van der Waals surface area contributed by atoms with E-state index in [2.05, 4.69) is 14.5 Å². The zero-order valence-corrected chi connectivity index (χ0v) is 15.1. The van der Waals surface area contributed by atoms with Crippen molar-refractivity contribution in [3.8, 4) is 5.75 Å². The lowest BCUT2D eigenvalue weighted by Crippen LogP contribution is -2.36. The molecule has 0 bridgehead atoms. The van der Waals surface area contributed by atoms with Gasteiger partial charge in [-0.05, 0) is 48.6 Å². The van der Waals surface area contributed by atoms with Gasteiger partial charge in [0.25, 0.3) is 5.91 Å². The second kappa shape index (κ2) is 6.37. The molecule has 27 heavy (non-hydrogen) atoms. The lowest BCUT2D eigenvalue weighted by molar-refractivity contribution is 0.0734. The molecule has 2 aliphatic rings. The van der Waals surface area contributed by atoms with Crippen LogP contribution in [0.4, 0.5) is 0 Å². The largest absolute Gasteiger partial charge is 0.508 e. The van der Waals surface area contributed by atoms with Crippen LogP contribution in [0.15, 0.2) is 36.8 Å². The van der Waals surface area contributed by atoms with Crippen LogP contribution in [0.2, 0.25) is 0 Å². The number of carbonyl (C=O) groups excluding carboxylic acids is 1. The Balaban J connectivity index is 1.40. The molecule has 0 radical (unpaired) electrons. The first kappa shape index (κ1) is 16.3. The fourth-order valence-corrected chi connectivity index (χ4v) is 4.38. The summed E-state index contributed by atoms with van der Waals surface area (Å²) in [7, 11) is 0. The van der Waals surface area contributed by atoms with Gasteiger partial charge in [0, 0.05) is 25.3 Å². The van der Waals surface area contributed by atoms with E-state index in [9.17, 15) is 9.90 Å². The molecule has 138 valence electrons. The van der Waals surface area contributed by atoms with Crippen molar-refractivity contribution in [2.75, 3.05) is 6.54 Å². The minimum Gasteiger partial charge on any atom is -0.508 e. The van der Waals surface area contributed by atoms with Crippen LogP contribution >= 0.6 is 0 Å². The molecule has 2 aromatic heterocycles. The van der Waals surface area contributed by atoms with Gasteiger partial charge >= 0.3 is 0 Å². The van der Waals surface area contributed by atoms with E-state index in [0.29, 0.717) is 24.7 Å². The van der Waals surface area contributed by atoms with Gasteiger partial charge in [-0.1, -0.05) is 18.9 Å². The van der Waals surface area contributed by atoms with Crippen LogP contribution in [0.3, 0.4) is 0 Å². The molecule has 0 unspecified atom stereocenters. The third kappa shape index (κ3) is 2.85. The van der Waals surface area contributed by atoms with Crippen LogP contribution in [0.25, 0.3) is 11.2 Å². The van der Waals surface area contributed by atoms with Gasteiger partial charge < -0.3 is 14.6 Å². The minimum atomic E-state index is -0.0152.